The molecule has 0 spiro atoms. The van der Waals surface area contributed by atoms with Gasteiger partial charge in [-0.05, 0) is 48.3 Å². The van der Waals surface area contributed by atoms with E-state index in [0.29, 0.717) is 29.7 Å². The molecule has 1 atom stereocenters. The molecule has 0 saturated carbocycles. The van der Waals surface area contributed by atoms with Gasteiger partial charge in [0.2, 0.25) is 0 Å². The molecule has 2 aromatic rings. The Bertz CT molecular complexity index is 1110. The maximum absolute atomic E-state index is 12.5. The number of nitriles is 1. The van der Waals surface area contributed by atoms with E-state index in [4.69, 9.17) is 9.47 Å². The number of thiophene rings is 1. The van der Waals surface area contributed by atoms with Crippen LogP contribution in [0.2, 0.25) is 0 Å². The number of hydrogen-bond donors (Lipinski definition) is 1. The molecule has 8 nitrogen and oxygen atoms in total. The Kier molecular flexibility index (Phi) is 7.72. The van der Waals surface area contributed by atoms with Crippen molar-refractivity contribution in [2.24, 2.45) is 11.3 Å². The van der Waals surface area contributed by atoms with E-state index in [2.05, 4.69) is 42.0 Å². The summed E-state index contributed by atoms with van der Waals surface area (Å²) in [5.74, 6) is 0.254. The topological polar surface area (TPSA) is 105 Å². The molecule has 1 saturated heterocycles. The standard InChI is InChI=1S/C26H32N4O4S/c1-4-26(2,3)18-6-7-19-20(14-27)24(35-21(19)13-18)29-23(31)16-34-25(32)17-5-8-22(28-15-17)30-9-11-33-12-10-30/h5,8,15,18H,4,6-7,9-13,16H2,1-3H3,(H,29,31). The monoisotopic (exact) mass is 496 g/mol. The number of aromatic nitrogens is 1. The van der Waals surface area contributed by atoms with E-state index in [1.165, 1.54) is 22.4 Å². The summed E-state index contributed by atoms with van der Waals surface area (Å²) in [6, 6.07) is 5.68. The first kappa shape index (κ1) is 25.1. The van der Waals surface area contributed by atoms with Gasteiger partial charge in [-0.1, -0.05) is 27.2 Å². The zero-order chi connectivity index (χ0) is 25.0. The van der Waals surface area contributed by atoms with Gasteiger partial charge in [-0.3, -0.25) is 4.79 Å². The Morgan fingerprint density at radius 1 is 1.34 bits per heavy atom. The molecular formula is C26H32N4O4S. The normalized spacial score (nSPS) is 17.9. The van der Waals surface area contributed by atoms with Crippen LogP contribution in [0.4, 0.5) is 10.8 Å². The number of nitrogens with one attached hydrogen (secondary N) is 1. The molecule has 2 aliphatic rings. The van der Waals surface area contributed by atoms with Crippen LogP contribution in [0, 0.1) is 22.7 Å². The maximum Gasteiger partial charge on any atom is 0.340 e. The zero-order valence-corrected chi connectivity index (χ0v) is 21.4. The highest BCUT2D eigenvalue weighted by Crippen LogP contribution is 2.45. The number of carbonyl (C=O) groups is 2. The zero-order valence-electron chi connectivity index (χ0n) is 20.6. The number of morpholine rings is 1. The first-order chi connectivity index (χ1) is 16.8. The molecule has 3 heterocycles. The van der Waals surface area contributed by atoms with Crippen molar-refractivity contribution in [3.05, 3.63) is 39.9 Å². The Hall–Kier alpha value is -2.96. The van der Waals surface area contributed by atoms with E-state index in [0.717, 1.165) is 50.2 Å². The van der Waals surface area contributed by atoms with Crippen molar-refractivity contribution in [1.82, 2.24) is 4.98 Å². The second-order valence-electron chi connectivity index (χ2n) is 9.73. The van der Waals surface area contributed by atoms with Gasteiger partial charge in [-0.15, -0.1) is 11.3 Å². The Balaban J connectivity index is 1.34. The predicted octanol–water partition coefficient (Wildman–Crippen LogP) is 4.19. The third-order valence-electron chi connectivity index (χ3n) is 7.30. The van der Waals surface area contributed by atoms with Crippen molar-refractivity contribution >= 4 is 34.0 Å². The van der Waals surface area contributed by atoms with E-state index < -0.39 is 18.5 Å². The summed E-state index contributed by atoms with van der Waals surface area (Å²) in [6.45, 7) is 9.19. The molecule has 1 aliphatic heterocycles. The molecule has 1 aliphatic carbocycles. The summed E-state index contributed by atoms with van der Waals surface area (Å²) in [6.07, 6.45) is 5.38. The van der Waals surface area contributed by atoms with Gasteiger partial charge in [-0.25, -0.2) is 9.78 Å². The summed E-state index contributed by atoms with van der Waals surface area (Å²) >= 11 is 1.47. The lowest BCUT2D eigenvalue weighted by Gasteiger charge is -2.36. The molecule has 1 amide bonds. The van der Waals surface area contributed by atoms with E-state index in [1.54, 1.807) is 12.1 Å². The quantitative estimate of drug-likeness (QED) is 0.573. The molecule has 1 unspecified atom stereocenters. The molecule has 0 radical (unpaired) electrons. The number of anilines is 2. The number of amides is 1. The van der Waals surface area contributed by atoms with E-state index >= 15 is 0 Å². The average Bonchev–Trinajstić information content (AvgIpc) is 3.23. The van der Waals surface area contributed by atoms with E-state index in [9.17, 15) is 14.9 Å². The smallest absolute Gasteiger partial charge is 0.340 e. The van der Waals surface area contributed by atoms with Gasteiger partial charge in [-0.2, -0.15) is 5.26 Å². The summed E-state index contributed by atoms with van der Waals surface area (Å²) < 4.78 is 10.5. The number of pyridine rings is 1. The Morgan fingerprint density at radius 3 is 2.77 bits per heavy atom. The third kappa shape index (κ3) is 5.65. The van der Waals surface area contributed by atoms with Gasteiger partial charge in [0, 0.05) is 24.2 Å². The van der Waals surface area contributed by atoms with Crippen LogP contribution in [0.25, 0.3) is 0 Å². The van der Waals surface area contributed by atoms with Crippen LogP contribution >= 0.6 is 11.3 Å². The minimum atomic E-state index is -0.614. The molecule has 2 aromatic heterocycles. The number of ether oxygens (including phenoxy) is 2. The fraction of sp³-hybridized carbons (Fsp3) is 0.538. The second kappa shape index (κ2) is 10.8. The van der Waals surface area contributed by atoms with Crippen LogP contribution in [0.3, 0.4) is 0 Å². The molecule has 4 rings (SSSR count). The molecular weight excluding hydrogens is 464 g/mol. The fourth-order valence-corrected chi connectivity index (χ4v) is 5.91. The van der Waals surface area contributed by atoms with Crippen molar-refractivity contribution in [1.29, 1.82) is 5.26 Å². The Labute approximate surface area is 210 Å². The highest BCUT2D eigenvalue weighted by molar-refractivity contribution is 7.16. The lowest BCUT2D eigenvalue weighted by atomic mass is 9.69. The lowest BCUT2D eigenvalue weighted by molar-refractivity contribution is -0.119. The second-order valence-corrected chi connectivity index (χ2v) is 10.8. The Morgan fingerprint density at radius 2 is 2.11 bits per heavy atom. The molecule has 1 fully saturated rings. The van der Waals surface area contributed by atoms with Crippen molar-refractivity contribution in [2.45, 2.75) is 46.5 Å². The number of carbonyl (C=O) groups excluding carboxylic acids is 2. The number of rotatable bonds is 7. The van der Waals surface area contributed by atoms with E-state index in [1.807, 2.05) is 0 Å². The molecule has 1 N–H and O–H groups in total. The minimum Gasteiger partial charge on any atom is -0.452 e. The largest absolute Gasteiger partial charge is 0.452 e. The van der Waals surface area contributed by atoms with Crippen molar-refractivity contribution in [3.8, 4) is 6.07 Å². The van der Waals surface area contributed by atoms with Crippen LogP contribution in [0.15, 0.2) is 18.3 Å². The van der Waals surface area contributed by atoms with Crippen LogP contribution in [0.1, 0.15) is 60.0 Å². The van der Waals surface area contributed by atoms with Gasteiger partial charge < -0.3 is 19.7 Å². The van der Waals surface area contributed by atoms with Crippen LogP contribution < -0.4 is 10.2 Å². The maximum atomic E-state index is 12.5. The lowest BCUT2D eigenvalue weighted by Crippen LogP contribution is -2.36. The van der Waals surface area contributed by atoms with Crippen molar-refractivity contribution in [2.75, 3.05) is 43.1 Å². The van der Waals surface area contributed by atoms with E-state index in [-0.39, 0.29) is 11.0 Å². The third-order valence-corrected chi connectivity index (χ3v) is 8.47. The molecule has 0 bridgehead atoms. The van der Waals surface area contributed by atoms with Gasteiger partial charge in [0.15, 0.2) is 6.61 Å². The highest BCUT2D eigenvalue weighted by atomic mass is 32.1. The summed E-state index contributed by atoms with van der Waals surface area (Å²) in [4.78, 5) is 32.5. The first-order valence-corrected chi connectivity index (χ1v) is 12.9. The molecule has 9 heteroatoms. The number of hydrogen-bond acceptors (Lipinski definition) is 8. The average molecular weight is 497 g/mol. The number of fused-ring (bicyclic) bond motifs is 1. The van der Waals surface area contributed by atoms with Gasteiger partial charge in [0.25, 0.3) is 5.91 Å². The van der Waals surface area contributed by atoms with Crippen molar-refractivity contribution in [3.63, 3.8) is 0 Å². The number of nitrogens with zero attached hydrogens (tertiary/aromatic N) is 3. The molecule has 0 aromatic carbocycles. The first-order valence-electron chi connectivity index (χ1n) is 12.1. The van der Waals surface area contributed by atoms with Gasteiger partial charge in [0.1, 0.15) is 16.9 Å². The SMILES string of the molecule is CCC(C)(C)C1CCc2c(sc(NC(=O)COC(=O)c3ccc(N4CCOCC4)nc3)c2C#N)C1. The summed E-state index contributed by atoms with van der Waals surface area (Å²) in [7, 11) is 0. The minimum absolute atomic E-state index is 0.237. The highest BCUT2D eigenvalue weighted by Gasteiger charge is 2.34. The van der Waals surface area contributed by atoms with Crippen LogP contribution in [-0.4, -0.2) is 49.8 Å². The molecule has 186 valence electrons. The summed E-state index contributed by atoms with van der Waals surface area (Å²) in [5.41, 5.74) is 2.12. The fourth-order valence-electron chi connectivity index (χ4n) is 4.61. The number of esters is 1. The predicted molar refractivity (Wildman–Crippen MR) is 135 cm³/mol. The van der Waals surface area contributed by atoms with Gasteiger partial charge >= 0.3 is 5.97 Å². The van der Waals surface area contributed by atoms with Gasteiger partial charge in [0.05, 0.1) is 24.3 Å². The molecule has 35 heavy (non-hydrogen) atoms. The van der Waals surface area contributed by atoms with Crippen LogP contribution in [0.5, 0.6) is 0 Å². The summed E-state index contributed by atoms with van der Waals surface area (Å²) in [5, 5.41) is 13.1. The van der Waals surface area contributed by atoms with Crippen molar-refractivity contribution < 1.29 is 19.1 Å². The van der Waals surface area contributed by atoms with Crippen LogP contribution in [-0.2, 0) is 27.1 Å².